The molecule has 124 valence electrons. The monoisotopic (exact) mass is 340 g/mol. The second kappa shape index (κ2) is 6.93. The lowest BCUT2D eigenvalue weighted by Crippen LogP contribution is -2.59. The van der Waals surface area contributed by atoms with Gasteiger partial charge in [0.2, 0.25) is 0 Å². The Morgan fingerprint density at radius 3 is 2.48 bits per heavy atom. The lowest BCUT2D eigenvalue weighted by atomic mass is 9.79. The first-order valence-corrected chi connectivity index (χ1v) is 7.42. The second-order valence-electron chi connectivity index (χ2n) is 5.57. The van der Waals surface area contributed by atoms with E-state index in [1.165, 1.54) is 0 Å². The van der Waals surface area contributed by atoms with Gasteiger partial charge in [-0.3, -0.25) is 9.79 Å². The van der Waals surface area contributed by atoms with E-state index in [1.54, 1.807) is 0 Å². The Morgan fingerprint density at radius 2 is 2.00 bits per heavy atom. The molecule has 0 aromatic carbocycles. The van der Waals surface area contributed by atoms with Crippen molar-refractivity contribution in [1.29, 1.82) is 0 Å². The highest BCUT2D eigenvalue weighted by atomic mass is 35.5. The summed E-state index contributed by atoms with van der Waals surface area (Å²) in [5.74, 6) is -1.45. The van der Waals surface area contributed by atoms with E-state index in [-0.39, 0.29) is 43.8 Å². The van der Waals surface area contributed by atoms with Gasteiger partial charge in [0.1, 0.15) is 0 Å². The molecule has 1 aliphatic carbocycles. The molecule has 5 N–H and O–H groups in total. The molecule has 1 fully saturated rings. The van der Waals surface area contributed by atoms with Crippen LogP contribution in [0.25, 0.3) is 20.9 Å². The van der Waals surface area contributed by atoms with Gasteiger partial charge in [-0.1, -0.05) is 10.2 Å². The van der Waals surface area contributed by atoms with Crippen LogP contribution < -0.4 is 16.8 Å². The predicted octanol–water partition coefficient (Wildman–Crippen LogP) is 0.261. The molecule has 1 saturated carbocycles. The molecule has 0 bridgehead atoms. The summed E-state index contributed by atoms with van der Waals surface area (Å²) in [7, 11) is 0. The van der Waals surface area contributed by atoms with Gasteiger partial charge < -0.3 is 16.8 Å². The average Bonchev–Trinajstić information content (AvgIpc) is 3.03. The summed E-state index contributed by atoms with van der Waals surface area (Å²) in [6.45, 7) is 0.153. The molecule has 23 heavy (non-hydrogen) atoms. The number of alkyl halides is 1. The summed E-state index contributed by atoms with van der Waals surface area (Å²) >= 11 is 6.61. The summed E-state index contributed by atoms with van der Waals surface area (Å²) in [6, 6.07) is 0. The maximum atomic E-state index is 12.5. The fourth-order valence-electron chi connectivity index (χ4n) is 3.65. The number of nitrogens with two attached hydrogens (primary N) is 2. The quantitative estimate of drug-likeness (QED) is 0.270. The molecule has 5 atom stereocenters. The Labute approximate surface area is 136 Å². The zero-order valence-corrected chi connectivity index (χ0v) is 13.0. The third kappa shape index (κ3) is 2.87. The van der Waals surface area contributed by atoms with E-state index >= 15 is 0 Å². The first kappa shape index (κ1) is 17.2. The zero-order chi connectivity index (χ0) is 17.0. The number of carbonyl (C=O) groups is 1. The minimum absolute atomic E-state index is 0.0467. The molecule has 0 aromatic heterocycles. The van der Waals surface area contributed by atoms with E-state index in [9.17, 15) is 4.79 Å². The molecular formula is C11H17ClN10O. The molecule has 1 spiro atoms. The SMILES string of the molecule is [N-]=[N+]=NC[C@@H]1[C@@H](CN=[N+]=[N-])[C@H](C(=O)CN)[C@@]2(CN=C(N)N2)[C@H]1Cl. The summed E-state index contributed by atoms with van der Waals surface area (Å²) in [5, 5.41) is 9.58. The Morgan fingerprint density at radius 1 is 1.39 bits per heavy atom. The van der Waals surface area contributed by atoms with Crippen molar-refractivity contribution in [3.05, 3.63) is 20.9 Å². The number of hydrogen-bond donors (Lipinski definition) is 3. The van der Waals surface area contributed by atoms with E-state index < -0.39 is 22.8 Å². The van der Waals surface area contributed by atoms with Crippen molar-refractivity contribution in [3.63, 3.8) is 0 Å². The summed E-state index contributed by atoms with van der Waals surface area (Å²) < 4.78 is 0. The summed E-state index contributed by atoms with van der Waals surface area (Å²) in [6.07, 6.45) is 0. The van der Waals surface area contributed by atoms with E-state index in [0.717, 1.165) is 0 Å². The molecule has 0 aromatic rings. The normalized spacial score (nSPS) is 35.1. The maximum absolute atomic E-state index is 12.5. The number of rotatable bonds is 6. The molecular weight excluding hydrogens is 324 g/mol. The third-order valence-electron chi connectivity index (χ3n) is 4.53. The number of guanidine groups is 1. The molecule has 1 aliphatic heterocycles. The number of nitrogens with one attached hydrogen (secondary N) is 1. The number of halogens is 1. The average molecular weight is 341 g/mol. The Balaban J connectivity index is 2.46. The van der Waals surface area contributed by atoms with E-state index in [0.29, 0.717) is 0 Å². The van der Waals surface area contributed by atoms with Crippen molar-refractivity contribution >= 4 is 23.3 Å². The van der Waals surface area contributed by atoms with Crippen LogP contribution in [0.4, 0.5) is 0 Å². The predicted molar refractivity (Wildman–Crippen MR) is 84.6 cm³/mol. The van der Waals surface area contributed by atoms with Crippen LogP contribution in [0, 0.1) is 17.8 Å². The minimum Gasteiger partial charge on any atom is -0.370 e. The van der Waals surface area contributed by atoms with Gasteiger partial charge in [-0.15, -0.1) is 11.6 Å². The first-order valence-electron chi connectivity index (χ1n) is 6.98. The van der Waals surface area contributed by atoms with Crippen molar-refractivity contribution in [1.82, 2.24) is 5.32 Å². The second-order valence-corrected chi connectivity index (χ2v) is 6.04. The van der Waals surface area contributed by atoms with Crippen molar-refractivity contribution in [3.8, 4) is 0 Å². The van der Waals surface area contributed by atoms with Gasteiger partial charge in [-0.05, 0) is 22.9 Å². The molecule has 2 aliphatic rings. The molecule has 0 amide bonds. The molecule has 1 heterocycles. The molecule has 0 radical (unpaired) electrons. The van der Waals surface area contributed by atoms with Crippen LogP contribution in [-0.4, -0.2) is 48.8 Å². The lowest BCUT2D eigenvalue weighted by Gasteiger charge is -2.34. The maximum Gasteiger partial charge on any atom is 0.189 e. The van der Waals surface area contributed by atoms with Crippen LogP contribution in [-0.2, 0) is 4.79 Å². The van der Waals surface area contributed by atoms with Crippen LogP contribution in [0.5, 0.6) is 0 Å². The minimum atomic E-state index is -0.909. The van der Waals surface area contributed by atoms with Gasteiger partial charge in [-0.25, -0.2) is 0 Å². The highest BCUT2D eigenvalue weighted by molar-refractivity contribution is 6.22. The van der Waals surface area contributed by atoms with Crippen LogP contribution in [0.2, 0.25) is 0 Å². The summed E-state index contributed by atoms with van der Waals surface area (Å²) in [5.41, 5.74) is 27.6. The standard InChI is InChI=1S/C11H17ClN10O/c12-9-6(3-19-22-16)5(2-18-21-15)8(7(23)1-13)11(9)4-17-10(14)20-11/h5-6,8-9H,1-4,13H2,(H3,14,17,20)/t5-,6-,8-,9+,11+/m1/s1. The Hall–Kier alpha value is -2.19. The number of azide groups is 2. The highest BCUT2D eigenvalue weighted by Crippen LogP contribution is 2.49. The van der Waals surface area contributed by atoms with Gasteiger partial charge >= 0.3 is 0 Å². The van der Waals surface area contributed by atoms with Crippen LogP contribution in [0.3, 0.4) is 0 Å². The van der Waals surface area contributed by atoms with Gasteiger partial charge in [0, 0.05) is 28.8 Å². The molecule has 2 rings (SSSR count). The smallest absolute Gasteiger partial charge is 0.189 e. The Kier molecular flexibility index (Phi) is 5.17. The Bertz CT molecular complexity index is 610. The molecule has 11 nitrogen and oxygen atoms in total. The van der Waals surface area contributed by atoms with E-state index in [2.05, 4.69) is 30.4 Å². The largest absolute Gasteiger partial charge is 0.370 e. The van der Waals surface area contributed by atoms with Gasteiger partial charge in [0.05, 0.1) is 24.0 Å². The van der Waals surface area contributed by atoms with Gasteiger partial charge in [0.15, 0.2) is 11.7 Å². The third-order valence-corrected chi connectivity index (χ3v) is 5.25. The number of Topliss-reactive ketones (excluding diaryl/α,β-unsaturated/α-hetero) is 1. The summed E-state index contributed by atoms with van der Waals surface area (Å²) in [4.78, 5) is 22.1. The number of carbonyl (C=O) groups excluding carboxylic acids is 1. The van der Waals surface area contributed by atoms with Crippen molar-refractivity contribution < 1.29 is 4.79 Å². The number of aliphatic imine (C=N–C) groups is 1. The van der Waals surface area contributed by atoms with Crippen LogP contribution in [0.1, 0.15) is 0 Å². The highest BCUT2D eigenvalue weighted by Gasteiger charge is 2.62. The van der Waals surface area contributed by atoms with Gasteiger partial charge in [-0.2, -0.15) is 0 Å². The van der Waals surface area contributed by atoms with E-state index in [1.807, 2.05) is 0 Å². The topological polar surface area (TPSA) is 191 Å². The van der Waals surface area contributed by atoms with Crippen LogP contribution >= 0.6 is 11.6 Å². The molecule has 0 unspecified atom stereocenters. The van der Waals surface area contributed by atoms with Crippen LogP contribution in [0.15, 0.2) is 15.2 Å². The van der Waals surface area contributed by atoms with E-state index in [4.69, 9.17) is 34.1 Å². The first-order chi connectivity index (χ1) is 11.0. The fourth-order valence-corrected chi connectivity index (χ4v) is 4.17. The fraction of sp³-hybridized carbons (Fsp3) is 0.818. The molecule has 12 heteroatoms. The number of hydrogen-bond acceptors (Lipinski definition) is 7. The van der Waals surface area contributed by atoms with Gasteiger partial charge in [0.25, 0.3) is 0 Å². The van der Waals surface area contributed by atoms with Crippen molar-refractivity contribution in [2.45, 2.75) is 10.9 Å². The van der Waals surface area contributed by atoms with Crippen molar-refractivity contribution in [2.24, 2.45) is 44.4 Å². The van der Waals surface area contributed by atoms with Crippen molar-refractivity contribution in [2.75, 3.05) is 26.2 Å². The lowest BCUT2D eigenvalue weighted by molar-refractivity contribution is -0.124. The molecule has 0 saturated heterocycles. The number of ketones is 1. The number of nitrogens with zero attached hydrogens (tertiary/aromatic N) is 7. The zero-order valence-electron chi connectivity index (χ0n) is 12.2.